The first-order valence-corrected chi connectivity index (χ1v) is 7.23. The van der Waals surface area contributed by atoms with Crippen molar-refractivity contribution in [1.82, 2.24) is 4.98 Å². The number of nitrogens with zero attached hydrogens (tertiary/aromatic N) is 2. The Labute approximate surface area is 128 Å². The molecule has 0 fully saturated rings. The number of benzene rings is 1. The van der Waals surface area contributed by atoms with Gasteiger partial charge < -0.3 is 5.32 Å². The third-order valence-corrected chi connectivity index (χ3v) is 2.33. The number of nitrogens with one attached hydrogen (secondary N) is 1. The van der Waals surface area contributed by atoms with Crippen LogP contribution >= 0.6 is 0 Å². The van der Waals surface area contributed by atoms with Gasteiger partial charge in [0.05, 0.1) is 0 Å². The van der Waals surface area contributed by atoms with Gasteiger partial charge in [-0.25, -0.2) is 4.98 Å². The number of hydrogen-bond acceptors (Lipinski definition) is 3. The van der Waals surface area contributed by atoms with Gasteiger partial charge in [0.25, 0.3) is 0 Å². The number of rotatable bonds is 4. The van der Waals surface area contributed by atoms with Gasteiger partial charge in [-0.3, -0.25) is 4.99 Å². The second-order valence-electron chi connectivity index (χ2n) is 3.53. The molecule has 3 heteroatoms. The molecule has 0 amide bonds. The van der Waals surface area contributed by atoms with E-state index < -0.39 is 0 Å². The molecule has 0 atom stereocenters. The third kappa shape index (κ3) is 6.04. The number of anilines is 1. The van der Waals surface area contributed by atoms with Gasteiger partial charge in [0.15, 0.2) is 0 Å². The molecular weight excluding hydrogens is 258 g/mol. The topological polar surface area (TPSA) is 37.3 Å². The molecule has 0 aliphatic rings. The molecule has 112 valence electrons. The average Bonchev–Trinajstić information content (AvgIpc) is 2.57. The number of fused-ring (bicyclic) bond motifs is 1. The second-order valence-corrected chi connectivity index (χ2v) is 3.53. The fourth-order valence-electron chi connectivity index (χ4n) is 1.56. The van der Waals surface area contributed by atoms with Crippen LogP contribution in [0.5, 0.6) is 0 Å². The minimum Gasteiger partial charge on any atom is -0.340 e. The molecule has 2 aromatic rings. The van der Waals surface area contributed by atoms with E-state index in [2.05, 4.69) is 28.6 Å². The molecule has 0 unspecified atom stereocenters. The maximum Gasteiger partial charge on any atom is 0.138 e. The monoisotopic (exact) mass is 283 g/mol. The lowest BCUT2D eigenvalue weighted by Gasteiger charge is -2.07. The van der Waals surface area contributed by atoms with Gasteiger partial charge >= 0.3 is 0 Å². The summed E-state index contributed by atoms with van der Waals surface area (Å²) in [6, 6.07) is 10.0. The number of allylic oxidation sites excluding steroid dienone is 1. The van der Waals surface area contributed by atoms with Crippen molar-refractivity contribution in [1.29, 1.82) is 0 Å². The van der Waals surface area contributed by atoms with Crippen molar-refractivity contribution in [3.63, 3.8) is 0 Å². The number of pyridine rings is 1. The largest absolute Gasteiger partial charge is 0.340 e. The van der Waals surface area contributed by atoms with E-state index in [9.17, 15) is 0 Å². The Morgan fingerprint density at radius 1 is 1.14 bits per heavy atom. The molecule has 1 N–H and O–H groups in total. The lowest BCUT2D eigenvalue weighted by Crippen LogP contribution is -1.98. The summed E-state index contributed by atoms with van der Waals surface area (Å²) in [5, 5.41) is 5.35. The van der Waals surface area contributed by atoms with E-state index in [0.717, 1.165) is 22.3 Å². The third-order valence-electron chi connectivity index (χ3n) is 2.33. The SMILES string of the molecule is C=N/C=C\C(=C)Nc1nccc2ccccc12.CC.CC. The van der Waals surface area contributed by atoms with Gasteiger partial charge in [0.1, 0.15) is 5.82 Å². The molecule has 0 saturated carbocycles. The van der Waals surface area contributed by atoms with Crippen LogP contribution < -0.4 is 5.32 Å². The summed E-state index contributed by atoms with van der Waals surface area (Å²) < 4.78 is 0. The molecule has 2 rings (SSSR count). The summed E-state index contributed by atoms with van der Waals surface area (Å²) >= 11 is 0. The Hall–Kier alpha value is -2.42. The van der Waals surface area contributed by atoms with E-state index >= 15 is 0 Å². The zero-order valence-corrected chi connectivity index (χ0v) is 13.4. The predicted octanol–water partition coefficient (Wildman–Crippen LogP) is 5.43. The molecule has 0 radical (unpaired) electrons. The van der Waals surface area contributed by atoms with Crippen LogP contribution in [0.25, 0.3) is 10.8 Å². The van der Waals surface area contributed by atoms with Crippen molar-refractivity contribution in [2.45, 2.75) is 27.7 Å². The Balaban J connectivity index is 0.000000921. The summed E-state index contributed by atoms with van der Waals surface area (Å²) in [5.41, 5.74) is 0.723. The summed E-state index contributed by atoms with van der Waals surface area (Å²) in [7, 11) is 0. The van der Waals surface area contributed by atoms with Crippen LogP contribution in [0.4, 0.5) is 5.82 Å². The first-order valence-electron chi connectivity index (χ1n) is 7.23. The van der Waals surface area contributed by atoms with E-state index in [1.807, 2.05) is 58.0 Å². The summed E-state index contributed by atoms with van der Waals surface area (Å²) in [5.74, 6) is 0.793. The highest BCUT2D eigenvalue weighted by atomic mass is 15.0. The van der Waals surface area contributed by atoms with Crippen LogP contribution in [0.2, 0.25) is 0 Å². The second kappa shape index (κ2) is 11.4. The fraction of sp³-hybridized carbons (Fsp3) is 0.222. The van der Waals surface area contributed by atoms with Gasteiger partial charge in [-0.05, 0) is 24.2 Å². The van der Waals surface area contributed by atoms with Gasteiger partial charge in [-0.1, -0.05) is 58.5 Å². The van der Waals surface area contributed by atoms with Crippen molar-refractivity contribution in [3.05, 3.63) is 61.1 Å². The summed E-state index contributed by atoms with van der Waals surface area (Å²) in [6.07, 6.45) is 5.10. The Bertz CT molecular complexity index is 581. The van der Waals surface area contributed by atoms with Crippen LogP contribution in [0.1, 0.15) is 27.7 Å². The number of aliphatic imine (C=N–C) groups is 1. The zero-order chi connectivity index (χ0) is 16.1. The highest BCUT2D eigenvalue weighted by Gasteiger charge is 2.00. The number of hydrogen-bond donors (Lipinski definition) is 1. The standard InChI is InChI=1S/C14H13N3.2C2H6/c1-11(7-9-15-2)17-14-13-6-4-3-5-12(13)8-10-16-14;2*1-2/h3-10H,1-2H2,(H,16,17);2*1-2H3/b9-7-;;. The van der Waals surface area contributed by atoms with Crippen molar-refractivity contribution >= 4 is 23.3 Å². The first kappa shape index (κ1) is 18.6. The maximum absolute atomic E-state index is 4.30. The highest BCUT2D eigenvalue weighted by molar-refractivity contribution is 5.92. The van der Waals surface area contributed by atoms with E-state index in [1.54, 1.807) is 18.5 Å². The molecule has 1 aromatic carbocycles. The molecular formula is C18H25N3. The smallest absolute Gasteiger partial charge is 0.138 e. The summed E-state index contributed by atoms with van der Waals surface area (Å²) in [4.78, 5) is 7.93. The Morgan fingerprint density at radius 2 is 1.81 bits per heavy atom. The molecule has 0 spiro atoms. The Morgan fingerprint density at radius 3 is 2.48 bits per heavy atom. The van der Waals surface area contributed by atoms with Crippen LogP contribution in [0, 0.1) is 0 Å². The van der Waals surface area contributed by atoms with E-state index in [4.69, 9.17) is 0 Å². The Kier molecular flexibility index (Phi) is 10.1. The molecule has 0 aliphatic heterocycles. The molecule has 0 aliphatic carbocycles. The number of aromatic nitrogens is 1. The quantitative estimate of drug-likeness (QED) is 0.600. The maximum atomic E-state index is 4.30. The minimum atomic E-state index is 0.723. The van der Waals surface area contributed by atoms with Gasteiger partial charge in [0, 0.05) is 23.5 Å². The van der Waals surface area contributed by atoms with Gasteiger partial charge in [0.2, 0.25) is 0 Å². The van der Waals surface area contributed by atoms with Gasteiger partial charge in [-0.2, -0.15) is 0 Å². The molecule has 1 aromatic heterocycles. The molecule has 21 heavy (non-hydrogen) atoms. The van der Waals surface area contributed by atoms with Crippen molar-refractivity contribution in [3.8, 4) is 0 Å². The predicted molar refractivity (Wildman–Crippen MR) is 95.9 cm³/mol. The van der Waals surface area contributed by atoms with Crippen LogP contribution in [0.15, 0.2) is 66.1 Å². The van der Waals surface area contributed by atoms with E-state index in [1.165, 1.54) is 0 Å². The van der Waals surface area contributed by atoms with Crippen LogP contribution in [-0.2, 0) is 0 Å². The lowest BCUT2D eigenvalue weighted by atomic mass is 10.1. The first-order chi connectivity index (χ1) is 10.3. The lowest BCUT2D eigenvalue weighted by molar-refractivity contribution is 1.31. The average molecular weight is 283 g/mol. The van der Waals surface area contributed by atoms with E-state index in [-0.39, 0.29) is 0 Å². The summed E-state index contributed by atoms with van der Waals surface area (Å²) in [6.45, 7) is 15.2. The van der Waals surface area contributed by atoms with E-state index in [0.29, 0.717) is 0 Å². The highest BCUT2D eigenvalue weighted by Crippen LogP contribution is 2.21. The van der Waals surface area contributed by atoms with Crippen molar-refractivity contribution in [2.75, 3.05) is 5.32 Å². The van der Waals surface area contributed by atoms with Crippen molar-refractivity contribution in [2.24, 2.45) is 4.99 Å². The van der Waals surface area contributed by atoms with Gasteiger partial charge in [-0.15, -0.1) is 0 Å². The minimum absolute atomic E-state index is 0.723. The normalized spacial score (nSPS) is 9.14. The van der Waals surface area contributed by atoms with Crippen LogP contribution in [-0.4, -0.2) is 11.7 Å². The molecule has 3 nitrogen and oxygen atoms in total. The van der Waals surface area contributed by atoms with Crippen molar-refractivity contribution < 1.29 is 0 Å². The fourth-order valence-corrected chi connectivity index (χ4v) is 1.56. The zero-order valence-electron chi connectivity index (χ0n) is 13.4. The molecule has 0 saturated heterocycles. The van der Waals surface area contributed by atoms with Crippen LogP contribution in [0.3, 0.4) is 0 Å². The molecule has 0 bridgehead atoms. The molecule has 1 heterocycles.